The van der Waals surface area contributed by atoms with Crippen molar-refractivity contribution in [3.8, 4) is 5.75 Å². The zero-order valence-corrected chi connectivity index (χ0v) is 11.9. The molecule has 0 aromatic heterocycles. The van der Waals surface area contributed by atoms with Crippen molar-refractivity contribution in [2.45, 2.75) is 33.1 Å². The summed E-state index contributed by atoms with van der Waals surface area (Å²) in [6.07, 6.45) is 0. The molecule has 0 N–H and O–H groups in total. The van der Waals surface area contributed by atoms with E-state index in [1.165, 1.54) is 0 Å². The van der Waals surface area contributed by atoms with E-state index in [1.807, 2.05) is 12.1 Å². The van der Waals surface area contributed by atoms with Gasteiger partial charge in [0.15, 0.2) is 5.78 Å². The molecular weight excluding hydrogens is 268 g/mol. The third-order valence-electron chi connectivity index (χ3n) is 2.49. The number of ether oxygens (including phenoxy) is 1. The molecule has 0 amide bonds. The van der Waals surface area contributed by atoms with Crippen molar-refractivity contribution >= 4 is 21.7 Å². The van der Waals surface area contributed by atoms with Gasteiger partial charge in [0.25, 0.3) is 0 Å². The lowest BCUT2D eigenvalue weighted by Gasteiger charge is -2.21. The molecule has 2 nitrogen and oxygen atoms in total. The Morgan fingerprint density at radius 1 is 1.31 bits per heavy atom. The number of carbonyl (C=O) groups is 1. The molecule has 1 rings (SSSR count). The molecule has 0 spiro atoms. The highest BCUT2D eigenvalue weighted by atomic mass is 79.9. The van der Waals surface area contributed by atoms with Crippen LogP contribution in [-0.2, 0) is 5.41 Å². The maximum absolute atomic E-state index is 11.6. The molecule has 3 heteroatoms. The number of hydrogen-bond donors (Lipinski definition) is 0. The van der Waals surface area contributed by atoms with Crippen molar-refractivity contribution in [3.63, 3.8) is 0 Å². The van der Waals surface area contributed by atoms with Gasteiger partial charge in [-0.05, 0) is 46.0 Å². The molecule has 0 saturated heterocycles. The first-order valence-electron chi connectivity index (χ1n) is 5.16. The molecule has 0 aliphatic heterocycles. The number of halogens is 1. The van der Waals surface area contributed by atoms with Gasteiger partial charge in [-0.25, -0.2) is 0 Å². The first kappa shape index (κ1) is 13.2. The van der Waals surface area contributed by atoms with E-state index in [2.05, 4.69) is 36.7 Å². The predicted molar refractivity (Wildman–Crippen MR) is 69.4 cm³/mol. The van der Waals surface area contributed by atoms with Gasteiger partial charge in [-0.3, -0.25) is 4.79 Å². The van der Waals surface area contributed by atoms with Gasteiger partial charge in [-0.15, -0.1) is 0 Å². The second kappa shape index (κ2) is 4.58. The molecular formula is C13H17BrO2. The lowest BCUT2D eigenvalue weighted by atomic mass is 9.85. The van der Waals surface area contributed by atoms with Crippen LogP contribution in [0.4, 0.5) is 0 Å². The van der Waals surface area contributed by atoms with Crippen molar-refractivity contribution in [2.24, 2.45) is 0 Å². The second-order valence-corrected chi connectivity index (χ2v) is 5.70. The van der Waals surface area contributed by atoms with Crippen LogP contribution >= 0.6 is 15.9 Å². The number of methoxy groups -OCH3 is 1. The van der Waals surface area contributed by atoms with Gasteiger partial charge in [-0.2, -0.15) is 0 Å². The summed E-state index contributed by atoms with van der Waals surface area (Å²) in [7, 11) is 1.57. The number of benzene rings is 1. The second-order valence-electron chi connectivity index (χ2n) is 4.85. The van der Waals surface area contributed by atoms with Crippen LogP contribution in [0.5, 0.6) is 5.75 Å². The Hall–Kier alpha value is -0.830. The monoisotopic (exact) mass is 284 g/mol. The lowest BCUT2D eigenvalue weighted by molar-refractivity contribution is 0.101. The highest BCUT2D eigenvalue weighted by Gasteiger charge is 2.20. The van der Waals surface area contributed by atoms with Gasteiger partial charge in [-0.1, -0.05) is 20.8 Å². The van der Waals surface area contributed by atoms with Crippen LogP contribution in [0.3, 0.4) is 0 Å². The van der Waals surface area contributed by atoms with Crippen LogP contribution in [0.2, 0.25) is 0 Å². The third-order valence-corrected chi connectivity index (χ3v) is 3.08. The topological polar surface area (TPSA) is 26.3 Å². The molecule has 0 aliphatic carbocycles. The number of Topliss-reactive ketones (excluding diaryl/α,β-unsaturated/α-hetero) is 1. The Morgan fingerprint density at radius 3 is 2.25 bits per heavy atom. The quantitative estimate of drug-likeness (QED) is 0.769. The molecule has 0 heterocycles. The molecule has 1 aromatic rings. The maximum atomic E-state index is 11.6. The molecule has 0 saturated carbocycles. The van der Waals surface area contributed by atoms with E-state index in [9.17, 15) is 4.79 Å². The molecule has 0 aliphatic rings. The van der Waals surface area contributed by atoms with E-state index >= 15 is 0 Å². The summed E-state index contributed by atoms with van der Waals surface area (Å²) in [4.78, 5) is 11.6. The van der Waals surface area contributed by atoms with Gasteiger partial charge in [0.05, 0.1) is 17.1 Å². The van der Waals surface area contributed by atoms with E-state index in [-0.39, 0.29) is 11.2 Å². The fourth-order valence-corrected chi connectivity index (χ4v) is 2.12. The van der Waals surface area contributed by atoms with Crippen molar-refractivity contribution in [2.75, 3.05) is 7.11 Å². The average Bonchev–Trinajstić information content (AvgIpc) is 2.14. The third kappa shape index (κ3) is 2.64. The summed E-state index contributed by atoms with van der Waals surface area (Å²) in [6, 6.07) is 3.91. The van der Waals surface area contributed by atoms with E-state index in [1.54, 1.807) is 14.0 Å². The summed E-state index contributed by atoms with van der Waals surface area (Å²) in [5.74, 6) is 0.629. The van der Waals surface area contributed by atoms with E-state index in [0.29, 0.717) is 11.3 Å². The Balaban J connectivity index is 3.46. The Morgan fingerprint density at radius 2 is 1.88 bits per heavy atom. The Bertz CT molecular complexity index is 417. The number of rotatable bonds is 2. The molecule has 1 aromatic carbocycles. The van der Waals surface area contributed by atoms with Crippen LogP contribution in [-0.4, -0.2) is 12.9 Å². The van der Waals surface area contributed by atoms with Crippen molar-refractivity contribution < 1.29 is 9.53 Å². The van der Waals surface area contributed by atoms with Gasteiger partial charge < -0.3 is 4.74 Å². The molecule has 0 atom stereocenters. The zero-order chi connectivity index (χ0) is 12.5. The minimum Gasteiger partial charge on any atom is -0.495 e. The maximum Gasteiger partial charge on any atom is 0.163 e. The average molecular weight is 285 g/mol. The summed E-state index contributed by atoms with van der Waals surface area (Å²) in [6.45, 7) is 7.90. The van der Waals surface area contributed by atoms with Gasteiger partial charge in [0.1, 0.15) is 5.75 Å². The highest BCUT2D eigenvalue weighted by Crippen LogP contribution is 2.35. The minimum absolute atomic E-state index is 0.0129. The fraction of sp³-hybridized carbons (Fsp3) is 0.462. The smallest absolute Gasteiger partial charge is 0.163 e. The number of carbonyl (C=O) groups excluding carboxylic acids is 1. The van der Waals surface area contributed by atoms with Crippen LogP contribution in [0.15, 0.2) is 16.6 Å². The fourth-order valence-electron chi connectivity index (χ4n) is 1.50. The first-order valence-corrected chi connectivity index (χ1v) is 5.95. The first-order chi connectivity index (χ1) is 7.27. The van der Waals surface area contributed by atoms with E-state index in [4.69, 9.17) is 4.74 Å². The van der Waals surface area contributed by atoms with Crippen LogP contribution < -0.4 is 4.74 Å². The van der Waals surface area contributed by atoms with Gasteiger partial charge in [0, 0.05) is 0 Å². The van der Waals surface area contributed by atoms with Gasteiger partial charge >= 0.3 is 0 Å². The standard InChI is InChI=1S/C13H17BrO2/c1-8(15)10-6-9(13(2,3)4)7-11(14)12(10)16-5/h6-7H,1-5H3. The normalized spacial score (nSPS) is 11.4. The van der Waals surface area contributed by atoms with Crippen molar-refractivity contribution in [1.29, 1.82) is 0 Å². The summed E-state index contributed by atoms with van der Waals surface area (Å²) >= 11 is 3.44. The molecule has 88 valence electrons. The van der Waals surface area contributed by atoms with Gasteiger partial charge in [0.2, 0.25) is 0 Å². The zero-order valence-electron chi connectivity index (χ0n) is 10.3. The number of ketones is 1. The van der Waals surface area contributed by atoms with E-state index in [0.717, 1.165) is 10.0 Å². The molecule has 0 unspecified atom stereocenters. The summed E-state index contributed by atoms with van der Waals surface area (Å²) in [5, 5.41) is 0. The molecule has 0 bridgehead atoms. The Labute approximate surface area is 105 Å². The summed E-state index contributed by atoms with van der Waals surface area (Å²) < 4.78 is 6.06. The largest absolute Gasteiger partial charge is 0.495 e. The van der Waals surface area contributed by atoms with Crippen LogP contribution in [0, 0.1) is 0 Å². The predicted octanol–water partition coefficient (Wildman–Crippen LogP) is 3.96. The molecule has 16 heavy (non-hydrogen) atoms. The van der Waals surface area contributed by atoms with Crippen LogP contribution in [0.1, 0.15) is 43.6 Å². The number of hydrogen-bond acceptors (Lipinski definition) is 2. The van der Waals surface area contributed by atoms with Crippen molar-refractivity contribution in [3.05, 3.63) is 27.7 Å². The molecule has 0 radical (unpaired) electrons. The highest BCUT2D eigenvalue weighted by molar-refractivity contribution is 9.10. The minimum atomic E-state index is 0.0129. The SMILES string of the molecule is COc1c(Br)cc(C(C)(C)C)cc1C(C)=O. The van der Waals surface area contributed by atoms with Crippen molar-refractivity contribution in [1.82, 2.24) is 0 Å². The van der Waals surface area contributed by atoms with E-state index < -0.39 is 0 Å². The lowest BCUT2D eigenvalue weighted by Crippen LogP contribution is -2.13. The molecule has 0 fully saturated rings. The van der Waals surface area contributed by atoms with Crippen LogP contribution in [0.25, 0.3) is 0 Å². The summed E-state index contributed by atoms with van der Waals surface area (Å²) in [5.41, 5.74) is 1.76. The Kier molecular flexibility index (Phi) is 3.79.